The van der Waals surface area contributed by atoms with Gasteiger partial charge in [0.15, 0.2) is 5.76 Å². The first kappa shape index (κ1) is 24.7. The van der Waals surface area contributed by atoms with Crippen molar-refractivity contribution in [2.45, 2.75) is 0 Å². The van der Waals surface area contributed by atoms with Crippen LogP contribution in [0.15, 0.2) is 87.9 Å². The Morgan fingerprint density at radius 2 is 1.70 bits per heavy atom. The van der Waals surface area contributed by atoms with E-state index in [4.69, 9.17) is 32.0 Å². The fourth-order valence-electron chi connectivity index (χ4n) is 4.10. The van der Waals surface area contributed by atoms with E-state index in [0.717, 1.165) is 11.3 Å². The van der Waals surface area contributed by atoms with Gasteiger partial charge in [-0.3, -0.25) is 9.59 Å². The van der Waals surface area contributed by atoms with Crippen LogP contribution in [0.4, 0.5) is 11.4 Å². The van der Waals surface area contributed by atoms with E-state index in [1.165, 1.54) is 12.3 Å². The third-order valence-corrected chi connectivity index (χ3v) is 6.56. The minimum Gasteiger partial charge on any atom is -0.459 e. The fourth-order valence-corrected chi connectivity index (χ4v) is 4.53. The molecular formula is C28H23Cl2N3O4. The van der Waals surface area contributed by atoms with E-state index in [-0.39, 0.29) is 11.8 Å². The molecule has 188 valence electrons. The fraction of sp³-hybridized carbons (Fsp3) is 0.143. The lowest BCUT2D eigenvalue weighted by Crippen LogP contribution is -2.48. The molecule has 0 radical (unpaired) electrons. The Morgan fingerprint density at radius 1 is 0.919 bits per heavy atom. The molecule has 3 heterocycles. The van der Waals surface area contributed by atoms with Gasteiger partial charge in [0.05, 0.1) is 17.0 Å². The molecule has 0 aliphatic carbocycles. The van der Waals surface area contributed by atoms with Gasteiger partial charge in [-0.25, -0.2) is 0 Å². The van der Waals surface area contributed by atoms with Crippen molar-refractivity contribution in [3.8, 4) is 11.3 Å². The van der Waals surface area contributed by atoms with Crippen LogP contribution in [0, 0.1) is 0 Å². The highest BCUT2D eigenvalue weighted by molar-refractivity contribution is 6.33. The minimum absolute atomic E-state index is 0.113. The van der Waals surface area contributed by atoms with Crippen molar-refractivity contribution in [1.29, 1.82) is 0 Å². The highest BCUT2D eigenvalue weighted by atomic mass is 35.5. The second-order valence-corrected chi connectivity index (χ2v) is 9.30. The van der Waals surface area contributed by atoms with Crippen molar-refractivity contribution >= 4 is 52.5 Å². The predicted octanol–water partition coefficient (Wildman–Crippen LogP) is 6.46. The monoisotopic (exact) mass is 535 g/mol. The second kappa shape index (κ2) is 11.0. The first-order valence-corrected chi connectivity index (χ1v) is 12.4. The number of amides is 2. The Bertz CT molecular complexity index is 1420. The minimum atomic E-state index is -0.307. The Morgan fingerprint density at radius 3 is 2.41 bits per heavy atom. The SMILES string of the molecule is O=C(/C=C/c1ccc(-c2ccc(Cl)cc2)o1)Nc1ccc(N2CCN(C(=O)c3ccco3)CC2)c(Cl)c1. The number of benzene rings is 2. The van der Waals surface area contributed by atoms with Crippen molar-refractivity contribution in [3.05, 3.63) is 101 Å². The summed E-state index contributed by atoms with van der Waals surface area (Å²) < 4.78 is 11.0. The summed E-state index contributed by atoms with van der Waals surface area (Å²) in [7, 11) is 0. The van der Waals surface area contributed by atoms with Crippen LogP contribution < -0.4 is 10.2 Å². The zero-order chi connectivity index (χ0) is 25.8. The summed E-state index contributed by atoms with van der Waals surface area (Å²) in [5.41, 5.74) is 2.33. The third kappa shape index (κ3) is 5.90. The van der Waals surface area contributed by atoms with Crippen LogP contribution in [0.2, 0.25) is 10.0 Å². The van der Waals surface area contributed by atoms with Gasteiger partial charge in [0.1, 0.15) is 11.5 Å². The summed E-state index contributed by atoms with van der Waals surface area (Å²) >= 11 is 12.5. The van der Waals surface area contributed by atoms with Crippen LogP contribution in [0.3, 0.4) is 0 Å². The predicted molar refractivity (Wildman–Crippen MR) is 145 cm³/mol. The molecule has 5 rings (SSSR count). The zero-order valence-electron chi connectivity index (χ0n) is 19.7. The molecule has 9 heteroatoms. The summed E-state index contributed by atoms with van der Waals surface area (Å²) in [6, 6.07) is 19.7. The third-order valence-electron chi connectivity index (χ3n) is 6.01. The van der Waals surface area contributed by atoms with Gasteiger partial charge in [-0.2, -0.15) is 0 Å². The largest absolute Gasteiger partial charge is 0.459 e. The number of furan rings is 2. The quantitative estimate of drug-likeness (QED) is 0.286. The van der Waals surface area contributed by atoms with E-state index in [9.17, 15) is 9.59 Å². The van der Waals surface area contributed by atoms with E-state index in [2.05, 4.69) is 10.2 Å². The molecule has 1 aliphatic heterocycles. The molecule has 0 bridgehead atoms. The number of nitrogens with zero attached hydrogens (tertiary/aromatic N) is 2. The maximum atomic E-state index is 12.5. The molecule has 37 heavy (non-hydrogen) atoms. The normalized spacial score (nSPS) is 13.8. The molecular weight excluding hydrogens is 513 g/mol. The van der Waals surface area contributed by atoms with Gasteiger partial charge < -0.3 is 24.0 Å². The molecule has 2 amide bonds. The maximum absolute atomic E-state index is 12.5. The van der Waals surface area contributed by atoms with Gasteiger partial charge in [-0.05, 0) is 72.8 Å². The number of anilines is 2. The summed E-state index contributed by atoms with van der Waals surface area (Å²) in [6.07, 6.45) is 4.50. The molecule has 1 N–H and O–H groups in total. The number of rotatable bonds is 6. The van der Waals surface area contributed by atoms with E-state index in [1.807, 2.05) is 24.3 Å². The highest BCUT2D eigenvalue weighted by Gasteiger charge is 2.24. The average molecular weight is 536 g/mol. The van der Waals surface area contributed by atoms with Crippen molar-refractivity contribution in [3.63, 3.8) is 0 Å². The lowest BCUT2D eigenvalue weighted by atomic mass is 10.2. The number of carbonyl (C=O) groups is 2. The summed E-state index contributed by atoms with van der Waals surface area (Å²) in [4.78, 5) is 28.8. The van der Waals surface area contributed by atoms with Crippen molar-refractivity contribution < 1.29 is 18.4 Å². The lowest BCUT2D eigenvalue weighted by Gasteiger charge is -2.36. The van der Waals surface area contributed by atoms with Crippen LogP contribution in [-0.4, -0.2) is 42.9 Å². The van der Waals surface area contributed by atoms with Crippen molar-refractivity contribution in [1.82, 2.24) is 4.90 Å². The summed E-state index contributed by atoms with van der Waals surface area (Å²) in [6.45, 7) is 2.40. The molecule has 2 aromatic carbocycles. The first-order chi connectivity index (χ1) is 18.0. The maximum Gasteiger partial charge on any atom is 0.289 e. The number of nitrogens with one attached hydrogen (secondary N) is 1. The zero-order valence-corrected chi connectivity index (χ0v) is 21.2. The van der Waals surface area contributed by atoms with Gasteiger partial charge >= 0.3 is 0 Å². The smallest absolute Gasteiger partial charge is 0.289 e. The van der Waals surface area contributed by atoms with E-state index in [0.29, 0.717) is 59.2 Å². The molecule has 0 unspecified atom stereocenters. The number of piperazine rings is 1. The van der Waals surface area contributed by atoms with E-state index >= 15 is 0 Å². The molecule has 4 aromatic rings. The van der Waals surface area contributed by atoms with Crippen molar-refractivity contribution in [2.75, 3.05) is 36.4 Å². The van der Waals surface area contributed by atoms with Gasteiger partial charge in [-0.1, -0.05) is 23.2 Å². The topological polar surface area (TPSA) is 78.9 Å². The van der Waals surface area contributed by atoms with E-state index in [1.54, 1.807) is 53.4 Å². The van der Waals surface area contributed by atoms with Crippen LogP contribution in [0.1, 0.15) is 16.3 Å². The van der Waals surface area contributed by atoms with Crippen LogP contribution in [-0.2, 0) is 4.79 Å². The lowest BCUT2D eigenvalue weighted by molar-refractivity contribution is -0.111. The molecule has 1 fully saturated rings. The van der Waals surface area contributed by atoms with E-state index < -0.39 is 0 Å². The van der Waals surface area contributed by atoms with Gasteiger partial charge in [-0.15, -0.1) is 0 Å². The Labute approximate surface area is 223 Å². The first-order valence-electron chi connectivity index (χ1n) is 11.7. The Balaban J connectivity index is 1.16. The molecule has 0 spiro atoms. The highest BCUT2D eigenvalue weighted by Crippen LogP contribution is 2.30. The molecule has 0 atom stereocenters. The molecule has 1 saturated heterocycles. The van der Waals surface area contributed by atoms with Crippen molar-refractivity contribution in [2.24, 2.45) is 0 Å². The average Bonchev–Trinajstić information content (AvgIpc) is 3.61. The summed E-state index contributed by atoms with van der Waals surface area (Å²) in [5, 5.41) is 3.99. The molecule has 0 saturated carbocycles. The molecule has 1 aliphatic rings. The van der Waals surface area contributed by atoms with Gasteiger partial charge in [0, 0.05) is 48.5 Å². The Kier molecular flexibility index (Phi) is 7.35. The second-order valence-electron chi connectivity index (χ2n) is 8.45. The molecule has 7 nitrogen and oxygen atoms in total. The van der Waals surface area contributed by atoms with Gasteiger partial charge in [0.2, 0.25) is 5.91 Å². The Hall–Kier alpha value is -3.94. The van der Waals surface area contributed by atoms with Crippen LogP contribution in [0.25, 0.3) is 17.4 Å². The van der Waals surface area contributed by atoms with Crippen LogP contribution in [0.5, 0.6) is 0 Å². The number of halogens is 2. The standard InChI is InChI=1S/C28H23Cl2N3O4/c29-20-5-3-19(4-6-20)25-11-8-22(37-25)9-12-27(34)31-21-7-10-24(23(30)18-21)32-13-15-33(16-14-32)28(35)26-2-1-17-36-26/h1-12,17-18H,13-16H2,(H,31,34)/b12-9+. The number of carbonyl (C=O) groups excluding carboxylic acids is 2. The van der Waals surface area contributed by atoms with Crippen LogP contribution >= 0.6 is 23.2 Å². The number of hydrogen-bond donors (Lipinski definition) is 1. The summed E-state index contributed by atoms with van der Waals surface area (Å²) in [5.74, 6) is 1.16. The van der Waals surface area contributed by atoms with Gasteiger partial charge in [0.25, 0.3) is 5.91 Å². The molecule has 2 aromatic heterocycles. The number of hydrogen-bond acceptors (Lipinski definition) is 5.